The molecule has 6 heteroatoms. The number of guanidine groups is 1. The van der Waals surface area contributed by atoms with Crippen LogP contribution in [0.5, 0.6) is 0 Å². The minimum Gasteiger partial charge on any atom is -0.379 e. The summed E-state index contributed by atoms with van der Waals surface area (Å²) in [6.45, 7) is 11.5. The Kier molecular flexibility index (Phi) is 7.13. The van der Waals surface area contributed by atoms with Crippen LogP contribution < -0.4 is 10.6 Å². The van der Waals surface area contributed by atoms with Crippen molar-refractivity contribution in [2.45, 2.75) is 69.9 Å². The van der Waals surface area contributed by atoms with Gasteiger partial charge >= 0.3 is 0 Å². The van der Waals surface area contributed by atoms with Gasteiger partial charge in [0, 0.05) is 44.3 Å². The molecule has 1 unspecified atom stereocenters. The van der Waals surface area contributed by atoms with Crippen molar-refractivity contribution in [1.29, 1.82) is 0 Å². The van der Waals surface area contributed by atoms with Gasteiger partial charge in [-0.05, 0) is 51.5 Å². The van der Waals surface area contributed by atoms with Crippen molar-refractivity contribution in [2.24, 2.45) is 10.9 Å². The predicted molar refractivity (Wildman–Crippen MR) is 115 cm³/mol. The largest absolute Gasteiger partial charge is 0.379 e. The van der Waals surface area contributed by atoms with Crippen LogP contribution in [0.4, 0.5) is 0 Å². The number of hydrogen-bond acceptors (Lipinski definition) is 4. The van der Waals surface area contributed by atoms with Crippen molar-refractivity contribution in [3.05, 3.63) is 0 Å². The first kappa shape index (κ1) is 20.4. The molecule has 0 aromatic carbocycles. The summed E-state index contributed by atoms with van der Waals surface area (Å²) < 4.78 is 5.62. The van der Waals surface area contributed by atoms with Gasteiger partial charge in [-0.3, -0.25) is 9.89 Å². The molecule has 0 aromatic rings. The van der Waals surface area contributed by atoms with Crippen LogP contribution in [-0.4, -0.2) is 86.4 Å². The van der Waals surface area contributed by atoms with Crippen LogP contribution in [0.1, 0.15) is 58.3 Å². The van der Waals surface area contributed by atoms with E-state index in [-0.39, 0.29) is 5.54 Å². The molecule has 2 N–H and O–H groups in total. The van der Waals surface area contributed by atoms with E-state index in [4.69, 9.17) is 9.73 Å². The molecule has 0 radical (unpaired) electrons. The zero-order valence-electron chi connectivity index (χ0n) is 17.9. The van der Waals surface area contributed by atoms with Crippen LogP contribution in [0, 0.1) is 5.92 Å². The van der Waals surface area contributed by atoms with E-state index in [1.807, 2.05) is 0 Å². The Bertz CT molecular complexity index is 509. The standard InChI is InChI=1S/C22H41N5O/c1-2-23-21(24-16-19-8-11-26(17-19)20-6-7-20)25-18-22(9-4-3-5-10-22)27-12-14-28-15-13-27/h19-20H,2-18H2,1H3,(H2,23,24,25). The van der Waals surface area contributed by atoms with Gasteiger partial charge in [-0.15, -0.1) is 0 Å². The van der Waals surface area contributed by atoms with E-state index in [2.05, 4.69) is 27.4 Å². The van der Waals surface area contributed by atoms with Crippen molar-refractivity contribution >= 4 is 5.96 Å². The number of rotatable bonds is 7. The third-order valence-corrected chi connectivity index (χ3v) is 7.28. The van der Waals surface area contributed by atoms with Gasteiger partial charge in [-0.1, -0.05) is 19.3 Å². The molecule has 4 aliphatic rings. The molecule has 0 aromatic heterocycles. The number of likely N-dealkylation sites (tertiary alicyclic amines) is 1. The average molecular weight is 392 g/mol. The Labute approximate surface area is 171 Å². The van der Waals surface area contributed by atoms with Crippen molar-refractivity contribution in [3.63, 3.8) is 0 Å². The van der Waals surface area contributed by atoms with Gasteiger partial charge in [0.1, 0.15) is 0 Å². The van der Waals surface area contributed by atoms with Gasteiger partial charge in [0.05, 0.1) is 19.8 Å². The summed E-state index contributed by atoms with van der Waals surface area (Å²) in [6.07, 6.45) is 10.8. The van der Waals surface area contributed by atoms with E-state index >= 15 is 0 Å². The first-order valence-electron chi connectivity index (χ1n) is 11.9. The lowest BCUT2D eigenvalue weighted by Gasteiger charge is -2.47. The molecule has 2 saturated heterocycles. The number of aliphatic imine (C=N–C) groups is 1. The minimum absolute atomic E-state index is 0.251. The molecule has 160 valence electrons. The normalized spacial score (nSPS) is 29.8. The molecular weight excluding hydrogens is 350 g/mol. The van der Waals surface area contributed by atoms with Crippen LogP contribution in [0.2, 0.25) is 0 Å². The lowest BCUT2D eigenvalue weighted by atomic mass is 9.80. The number of ether oxygens (including phenoxy) is 1. The molecule has 1 atom stereocenters. The fourth-order valence-corrected chi connectivity index (χ4v) is 5.43. The fourth-order valence-electron chi connectivity index (χ4n) is 5.43. The van der Waals surface area contributed by atoms with Gasteiger partial charge in [0.2, 0.25) is 0 Å². The van der Waals surface area contributed by atoms with E-state index in [9.17, 15) is 0 Å². The van der Waals surface area contributed by atoms with Crippen LogP contribution in [0.15, 0.2) is 4.99 Å². The Morgan fingerprint density at radius 1 is 1.04 bits per heavy atom. The van der Waals surface area contributed by atoms with E-state index in [0.29, 0.717) is 0 Å². The van der Waals surface area contributed by atoms with Crippen molar-refractivity contribution in [1.82, 2.24) is 20.4 Å². The highest BCUT2D eigenvalue weighted by molar-refractivity contribution is 5.79. The van der Waals surface area contributed by atoms with Gasteiger partial charge in [-0.2, -0.15) is 0 Å². The first-order chi connectivity index (χ1) is 13.8. The second-order valence-electron chi connectivity index (χ2n) is 9.34. The summed E-state index contributed by atoms with van der Waals surface area (Å²) in [5.74, 6) is 1.79. The Morgan fingerprint density at radius 2 is 1.82 bits per heavy atom. The van der Waals surface area contributed by atoms with E-state index in [1.165, 1.54) is 64.5 Å². The molecule has 0 bridgehead atoms. The second kappa shape index (κ2) is 9.77. The number of morpholine rings is 1. The van der Waals surface area contributed by atoms with E-state index in [0.717, 1.165) is 63.9 Å². The molecule has 4 rings (SSSR count). The van der Waals surface area contributed by atoms with Crippen LogP contribution >= 0.6 is 0 Å². The topological polar surface area (TPSA) is 52.1 Å². The minimum atomic E-state index is 0.251. The third-order valence-electron chi connectivity index (χ3n) is 7.28. The van der Waals surface area contributed by atoms with Crippen LogP contribution in [-0.2, 0) is 4.74 Å². The third kappa shape index (κ3) is 5.19. The van der Waals surface area contributed by atoms with Crippen molar-refractivity contribution in [2.75, 3.05) is 59.0 Å². The molecule has 0 amide bonds. The van der Waals surface area contributed by atoms with Gasteiger partial charge in [0.15, 0.2) is 5.96 Å². The molecule has 0 spiro atoms. The molecule has 6 nitrogen and oxygen atoms in total. The molecule has 2 aliphatic heterocycles. The molecule has 28 heavy (non-hydrogen) atoms. The maximum absolute atomic E-state index is 5.62. The maximum Gasteiger partial charge on any atom is 0.191 e. The second-order valence-corrected chi connectivity index (χ2v) is 9.34. The maximum atomic E-state index is 5.62. The highest BCUT2D eigenvalue weighted by Gasteiger charge is 2.38. The Hall–Kier alpha value is -0.850. The number of nitrogens with one attached hydrogen (secondary N) is 2. The predicted octanol–water partition coefficient (Wildman–Crippen LogP) is 2.06. The monoisotopic (exact) mass is 391 g/mol. The Balaban J connectivity index is 1.33. The SMILES string of the molecule is CCNC(=NCC1(N2CCOCC2)CCCCC1)NCC1CCN(C2CC2)C1. The molecule has 2 heterocycles. The zero-order chi connectivity index (χ0) is 19.2. The highest BCUT2D eigenvalue weighted by Crippen LogP contribution is 2.35. The summed E-state index contributed by atoms with van der Waals surface area (Å²) in [4.78, 5) is 10.5. The first-order valence-corrected chi connectivity index (χ1v) is 11.9. The van der Waals surface area contributed by atoms with E-state index in [1.54, 1.807) is 0 Å². The van der Waals surface area contributed by atoms with E-state index < -0.39 is 0 Å². The number of hydrogen-bond donors (Lipinski definition) is 2. The van der Waals surface area contributed by atoms with Gasteiger partial charge < -0.3 is 20.3 Å². The summed E-state index contributed by atoms with van der Waals surface area (Å²) in [5.41, 5.74) is 0.251. The zero-order valence-corrected chi connectivity index (χ0v) is 17.9. The fraction of sp³-hybridized carbons (Fsp3) is 0.955. The Morgan fingerprint density at radius 3 is 2.54 bits per heavy atom. The summed E-state index contributed by atoms with van der Waals surface area (Å²) in [6, 6.07) is 0.909. The van der Waals surface area contributed by atoms with Crippen LogP contribution in [0.25, 0.3) is 0 Å². The molecule has 4 fully saturated rings. The van der Waals surface area contributed by atoms with Gasteiger partial charge in [0.25, 0.3) is 0 Å². The van der Waals surface area contributed by atoms with Crippen molar-refractivity contribution < 1.29 is 4.74 Å². The summed E-state index contributed by atoms with van der Waals surface area (Å²) in [5, 5.41) is 7.17. The lowest BCUT2D eigenvalue weighted by Crippen LogP contribution is -2.56. The van der Waals surface area contributed by atoms with Gasteiger partial charge in [-0.25, -0.2) is 0 Å². The van der Waals surface area contributed by atoms with Crippen LogP contribution in [0.3, 0.4) is 0 Å². The van der Waals surface area contributed by atoms with Crippen molar-refractivity contribution in [3.8, 4) is 0 Å². The average Bonchev–Trinajstić information content (AvgIpc) is 3.49. The molecule has 2 saturated carbocycles. The molecule has 2 aliphatic carbocycles. The summed E-state index contributed by atoms with van der Waals surface area (Å²) in [7, 11) is 0. The lowest BCUT2D eigenvalue weighted by molar-refractivity contribution is -0.0333. The number of nitrogens with zero attached hydrogens (tertiary/aromatic N) is 3. The quantitative estimate of drug-likeness (QED) is 0.514. The summed E-state index contributed by atoms with van der Waals surface area (Å²) >= 11 is 0. The smallest absolute Gasteiger partial charge is 0.191 e. The highest BCUT2D eigenvalue weighted by atomic mass is 16.5. The molecular formula is C22H41N5O.